The maximum Gasteiger partial charge on any atom is 0.253 e. The van der Waals surface area contributed by atoms with E-state index < -0.39 is 10.0 Å². The van der Waals surface area contributed by atoms with E-state index in [2.05, 4.69) is 31.6 Å². The molecule has 7 heteroatoms. The number of rotatable bonds is 7. The molecule has 3 rings (SSSR count). The van der Waals surface area contributed by atoms with E-state index in [4.69, 9.17) is 5.26 Å². The first kappa shape index (κ1) is 25.2. The minimum atomic E-state index is -3.65. The average molecular weight is 476 g/mol. The first-order chi connectivity index (χ1) is 16.0. The van der Waals surface area contributed by atoms with Gasteiger partial charge >= 0.3 is 0 Å². The first-order valence-electron chi connectivity index (χ1n) is 10.9. The summed E-state index contributed by atoms with van der Waals surface area (Å²) >= 11 is 0. The zero-order valence-electron chi connectivity index (χ0n) is 19.9. The Bertz CT molecular complexity index is 1280. The predicted molar refractivity (Wildman–Crippen MR) is 133 cm³/mol. The van der Waals surface area contributed by atoms with Crippen molar-refractivity contribution in [2.45, 2.75) is 44.2 Å². The Morgan fingerprint density at radius 1 is 0.912 bits per heavy atom. The van der Waals surface area contributed by atoms with Crippen molar-refractivity contribution < 1.29 is 13.2 Å². The second-order valence-corrected chi connectivity index (χ2v) is 11.0. The van der Waals surface area contributed by atoms with Crippen LogP contribution in [0.15, 0.2) is 77.7 Å². The summed E-state index contributed by atoms with van der Waals surface area (Å²) in [5.74, 6) is -0.143. The van der Waals surface area contributed by atoms with E-state index in [1.165, 1.54) is 0 Å². The summed E-state index contributed by atoms with van der Waals surface area (Å²) in [5.41, 5.74) is 3.78. The summed E-state index contributed by atoms with van der Waals surface area (Å²) in [4.78, 5) is 14.6. The number of carbonyl (C=O) groups excluding carboxylic acids is 1. The second-order valence-electron chi connectivity index (χ2n) is 9.27. The normalized spacial score (nSPS) is 11.6. The molecule has 1 amide bonds. The number of hydrogen-bond donors (Lipinski definition) is 1. The zero-order valence-corrected chi connectivity index (χ0v) is 20.7. The molecular weight excluding hydrogens is 446 g/mol. The molecule has 0 heterocycles. The lowest BCUT2D eigenvalue weighted by Crippen LogP contribution is -2.26. The van der Waals surface area contributed by atoms with Gasteiger partial charge in [0.05, 0.1) is 16.5 Å². The fourth-order valence-electron chi connectivity index (χ4n) is 3.41. The lowest BCUT2D eigenvalue weighted by Gasteiger charge is -2.19. The molecule has 0 aliphatic heterocycles. The molecule has 0 aliphatic carbocycles. The topological polar surface area (TPSA) is 90.3 Å². The van der Waals surface area contributed by atoms with Gasteiger partial charge in [0.1, 0.15) is 0 Å². The van der Waals surface area contributed by atoms with Crippen molar-refractivity contribution in [1.82, 2.24) is 9.62 Å². The number of nitriles is 1. The Balaban J connectivity index is 1.60. The highest BCUT2D eigenvalue weighted by Gasteiger charge is 2.18. The molecule has 176 valence electrons. The standard InChI is InChI=1S/C27H29N3O3S/c1-27(2,3)24-13-15-25(16-14-24)34(32,33)29-18-21-9-11-23(12-10-21)26(31)30(4)19-22-7-5-20(17-28)6-8-22/h5-16,29H,18-19H2,1-4H3. The van der Waals surface area contributed by atoms with Gasteiger partial charge in [-0.25, -0.2) is 13.1 Å². The highest BCUT2D eigenvalue weighted by Crippen LogP contribution is 2.23. The highest BCUT2D eigenvalue weighted by molar-refractivity contribution is 7.89. The van der Waals surface area contributed by atoms with Gasteiger partial charge in [0.15, 0.2) is 0 Å². The number of amides is 1. The molecule has 0 spiro atoms. The van der Waals surface area contributed by atoms with Gasteiger partial charge in [-0.2, -0.15) is 5.26 Å². The van der Waals surface area contributed by atoms with Crippen LogP contribution in [0, 0.1) is 11.3 Å². The monoisotopic (exact) mass is 475 g/mol. The van der Waals surface area contributed by atoms with Crippen LogP contribution in [0.4, 0.5) is 0 Å². The lowest BCUT2D eigenvalue weighted by molar-refractivity contribution is 0.0785. The Kier molecular flexibility index (Phi) is 7.55. The van der Waals surface area contributed by atoms with Crippen LogP contribution in [0.2, 0.25) is 0 Å². The van der Waals surface area contributed by atoms with E-state index >= 15 is 0 Å². The molecule has 0 atom stereocenters. The van der Waals surface area contributed by atoms with Crippen LogP contribution in [0.3, 0.4) is 0 Å². The SMILES string of the molecule is CN(Cc1ccc(C#N)cc1)C(=O)c1ccc(CNS(=O)(=O)c2ccc(C(C)(C)C)cc2)cc1. The third kappa shape index (κ3) is 6.31. The summed E-state index contributed by atoms with van der Waals surface area (Å²) in [6, 6.07) is 23.0. The van der Waals surface area contributed by atoms with Crippen LogP contribution in [-0.2, 0) is 28.5 Å². The summed E-state index contributed by atoms with van der Waals surface area (Å²) in [5, 5.41) is 8.89. The molecule has 0 saturated heterocycles. The maximum atomic E-state index is 12.7. The van der Waals surface area contributed by atoms with Gasteiger partial charge in [0.2, 0.25) is 10.0 Å². The molecule has 3 aromatic carbocycles. The average Bonchev–Trinajstić information content (AvgIpc) is 2.82. The van der Waals surface area contributed by atoms with E-state index in [1.54, 1.807) is 60.5 Å². The molecule has 0 bridgehead atoms. The fourth-order valence-corrected chi connectivity index (χ4v) is 4.43. The quantitative estimate of drug-likeness (QED) is 0.540. The molecular formula is C27H29N3O3S. The molecule has 0 saturated carbocycles. The molecule has 1 N–H and O–H groups in total. The fraction of sp³-hybridized carbons (Fsp3) is 0.259. The van der Waals surface area contributed by atoms with E-state index in [9.17, 15) is 13.2 Å². The Morgan fingerprint density at radius 2 is 1.47 bits per heavy atom. The van der Waals surface area contributed by atoms with Crippen LogP contribution in [0.1, 0.15) is 53.4 Å². The van der Waals surface area contributed by atoms with Crippen molar-refractivity contribution in [3.8, 4) is 6.07 Å². The summed E-state index contributed by atoms with van der Waals surface area (Å²) < 4.78 is 27.9. The van der Waals surface area contributed by atoms with Crippen molar-refractivity contribution >= 4 is 15.9 Å². The summed E-state index contributed by atoms with van der Waals surface area (Å²) in [6.45, 7) is 6.77. The number of carbonyl (C=O) groups is 1. The molecule has 0 unspecified atom stereocenters. The van der Waals surface area contributed by atoms with Crippen LogP contribution < -0.4 is 4.72 Å². The lowest BCUT2D eigenvalue weighted by atomic mass is 9.87. The van der Waals surface area contributed by atoms with E-state index in [0.29, 0.717) is 17.7 Å². The van der Waals surface area contributed by atoms with E-state index in [-0.39, 0.29) is 22.8 Å². The van der Waals surface area contributed by atoms with Crippen molar-refractivity contribution in [3.05, 3.63) is 101 Å². The summed E-state index contributed by atoms with van der Waals surface area (Å²) in [6.07, 6.45) is 0. The molecule has 0 aliphatic rings. The Labute approximate surface area is 201 Å². The maximum absolute atomic E-state index is 12.7. The minimum Gasteiger partial charge on any atom is -0.337 e. The molecule has 3 aromatic rings. The molecule has 0 aromatic heterocycles. The minimum absolute atomic E-state index is 0.0506. The summed E-state index contributed by atoms with van der Waals surface area (Å²) in [7, 11) is -1.93. The third-order valence-electron chi connectivity index (χ3n) is 5.55. The van der Waals surface area contributed by atoms with Crippen LogP contribution in [0.5, 0.6) is 0 Å². The van der Waals surface area contributed by atoms with Crippen molar-refractivity contribution in [2.75, 3.05) is 7.05 Å². The zero-order chi connectivity index (χ0) is 24.9. The number of hydrogen-bond acceptors (Lipinski definition) is 4. The number of sulfonamides is 1. The first-order valence-corrected chi connectivity index (χ1v) is 12.4. The third-order valence-corrected chi connectivity index (χ3v) is 6.96. The van der Waals surface area contributed by atoms with Gasteiger partial charge in [0, 0.05) is 25.7 Å². The smallest absolute Gasteiger partial charge is 0.253 e. The Hall–Kier alpha value is -3.47. The van der Waals surface area contributed by atoms with Crippen molar-refractivity contribution in [3.63, 3.8) is 0 Å². The van der Waals surface area contributed by atoms with Crippen LogP contribution >= 0.6 is 0 Å². The molecule has 0 fully saturated rings. The largest absolute Gasteiger partial charge is 0.337 e. The van der Waals surface area contributed by atoms with Crippen molar-refractivity contribution in [1.29, 1.82) is 5.26 Å². The Morgan fingerprint density at radius 3 is 2.00 bits per heavy atom. The number of nitrogens with zero attached hydrogens (tertiary/aromatic N) is 2. The van der Waals surface area contributed by atoms with Gasteiger partial charge in [-0.3, -0.25) is 4.79 Å². The number of benzene rings is 3. The molecule has 6 nitrogen and oxygen atoms in total. The van der Waals surface area contributed by atoms with Gasteiger partial charge in [-0.1, -0.05) is 57.2 Å². The van der Waals surface area contributed by atoms with E-state index in [0.717, 1.165) is 16.7 Å². The molecule has 34 heavy (non-hydrogen) atoms. The van der Waals surface area contributed by atoms with Crippen molar-refractivity contribution in [2.24, 2.45) is 0 Å². The van der Waals surface area contributed by atoms with Gasteiger partial charge < -0.3 is 4.90 Å². The van der Waals surface area contributed by atoms with Crippen LogP contribution in [-0.4, -0.2) is 26.3 Å². The van der Waals surface area contributed by atoms with E-state index in [1.807, 2.05) is 24.3 Å². The van der Waals surface area contributed by atoms with Gasteiger partial charge in [0.25, 0.3) is 5.91 Å². The van der Waals surface area contributed by atoms with Crippen LogP contribution in [0.25, 0.3) is 0 Å². The predicted octanol–water partition coefficient (Wildman–Crippen LogP) is 4.61. The second kappa shape index (κ2) is 10.2. The highest BCUT2D eigenvalue weighted by atomic mass is 32.2. The molecule has 0 radical (unpaired) electrons. The number of nitrogens with one attached hydrogen (secondary N) is 1. The van der Waals surface area contributed by atoms with Gasteiger partial charge in [-0.05, 0) is 58.5 Å². The van der Waals surface area contributed by atoms with Gasteiger partial charge in [-0.15, -0.1) is 0 Å².